The van der Waals surface area contributed by atoms with Gasteiger partial charge in [0, 0.05) is 23.0 Å². The number of hydrogen-bond donors (Lipinski definition) is 0. The Hall–Kier alpha value is -0.246. The average molecular weight is 240 g/mol. The van der Waals surface area contributed by atoms with Crippen molar-refractivity contribution in [1.29, 1.82) is 0 Å². The summed E-state index contributed by atoms with van der Waals surface area (Å²) < 4.78 is 34.8. The van der Waals surface area contributed by atoms with Gasteiger partial charge in [0.1, 0.15) is 0 Å². The molecule has 0 amide bonds. The number of alkyl halides is 3. The molecule has 0 aliphatic carbocycles. The number of hydrogen-bond acceptors (Lipinski definition) is 1. The Morgan fingerprint density at radius 2 is 1.85 bits per heavy atom. The van der Waals surface area contributed by atoms with E-state index in [-0.39, 0.29) is 28.4 Å². The smallest absolute Gasteiger partial charge is 0.388 e. The van der Waals surface area contributed by atoms with Crippen LogP contribution in [0.25, 0.3) is 5.32 Å². The van der Waals surface area contributed by atoms with Crippen molar-refractivity contribution in [2.75, 3.05) is 6.54 Å². The van der Waals surface area contributed by atoms with E-state index in [4.69, 9.17) is 0 Å². The molecule has 13 heavy (non-hydrogen) atoms. The van der Waals surface area contributed by atoms with Crippen molar-refractivity contribution in [3.05, 3.63) is 5.32 Å². The molecule has 0 aliphatic heterocycles. The second-order valence-corrected chi connectivity index (χ2v) is 2.70. The van der Waals surface area contributed by atoms with Crippen LogP contribution in [0.1, 0.15) is 20.8 Å². The third kappa shape index (κ3) is 11.8. The van der Waals surface area contributed by atoms with E-state index in [0.717, 1.165) is 0 Å². The first kappa shape index (κ1) is 15.2. The zero-order chi connectivity index (χ0) is 9.78. The summed E-state index contributed by atoms with van der Waals surface area (Å²) in [6.45, 7) is 3.89. The van der Waals surface area contributed by atoms with Crippen molar-refractivity contribution >= 4 is 5.84 Å². The molecule has 0 fully saturated rings. The minimum Gasteiger partial charge on any atom is -0.467 e. The Morgan fingerprint density at radius 3 is 2.15 bits per heavy atom. The van der Waals surface area contributed by atoms with E-state index >= 15 is 0 Å². The molecule has 0 N–H and O–H groups in total. The second kappa shape index (κ2) is 6.24. The number of aliphatic imine (C=N–C) groups is 1. The molecule has 0 rings (SSSR count). The fourth-order valence-corrected chi connectivity index (χ4v) is 0.619. The minimum atomic E-state index is -4.23. The molecule has 0 spiro atoms. The summed E-state index contributed by atoms with van der Waals surface area (Å²) >= 11 is 0. The molecule has 0 heterocycles. The van der Waals surface area contributed by atoms with E-state index in [1.54, 1.807) is 13.8 Å². The Labute approximate surface area is 85.9 Å². The van der Waals surface area contributed by atoms with Gasteiger partial charge in [-0.25, -0.2) is 0 Å². The first-order valence-electron chi connectivity index (χ1n) is 3.60. The third-order valence-corrected chi connectivity index (χ3v) is 0.932. The summed E-state index contributed by atoms with van der Waals surface area (Å²) in [6.07, 6.45) is -4.23. The van der Waals surface area contributed by atoms with Crippen LogP contribution in [-0.2, 0) is 16.5 Å². The average Bonchev–Trinajstić information content (AvgIpc) is 1.80. The molecule has 0 aliphatic rings. The molecular weight excluding hydrogens is 228 g/mol. The topological polar surface area (TPSA) is 26.5 Å². The molecule has 0 aromatic carbocycles. The van der Waals surface area contributed by atoms with Crippen LogP contribution in [0, 0.1) is 0 Å². The van der Waals surface area contributed by atoms with Crippen LogP contribution < -0.4 is 0 Å². The summed E-state index contributed by atoms with van der Waals surface area (Å²) in [6, 6.07) is -0.0121. The summed E-state index contributed by atoms with van der Waals surface area (Å²) in [5.41, 5.74) is 0. The monoisotopic (exact) mass is 239 g/mol. The van der Waals surface area contributed by atoms with Crippen LogP contribution in [0.15, 0.2) is 4.99 Å². The van der Waals surface area contributed by atoms with Crippen LogP contribution in [0.4, 0.5) is 13.2 Å². The maximum Gasteiger partial charge on any atom is 0.388 e. The van der Waals surface area contributed by atoms with Gasteiger partial charge in [-0.2, -0.15) is 13.2 Å². The van der Waals surface area contributed by atoms with Crippen LogP contribution in [0.5, 0.6) is 0 Å². The number of halogens is 3. The maximum absolute atomic E-state index is 11.6. The normalized spacial score (nSPS) is 12.7. The van der Waals surface area contributed by atoms with Gasteiger partial charge in [-0.05, 0) is 13.0 Å². The second-order valence-electron chi connectivity index (χ2n) is 2.70. The third-order valence-electron chi connectivity index (χ3n) is 0.932. The number of nitrogens with zero attached hydrogens (tertiary/aromatic N) is 2. The fourth-order valence-electron chi connectivity index (χ4n) is 0.619. The molecule has 0 radical (unpaired) electrons. The molecule has 0 bridgehead atoms. The Kier molecular flexibility index (Phi) is 7.32. The van der Waals surface area contributed by atoms with Crippen molar-refractivity contribution in [2.24, 2.45) is 4.99 Å². The van der Waals surface area contributed by atoms with Crippen LogP contribution in [-0.4, -0.2) is 24.6 Å². The molecule has 0 aromatic rings. The Balaban J connectivity index is 0. The molecule has 6 heteroatoms. The van der Waals surface area contributed by atoms with Crippen molar-refractivity contribution < 1.29 is 29.7 Å². The molecule has 82 valence electrons. The number of amidine groups is 1. The van der Waals surface area contributed by atoms with E-state index in [1.807, 2.05) is 0 Å². The number of rotatable bonds is 2. The zero-order valence-electron chi connectivity index (χ0n) is 7.63. The van der Waals surface area contributed by atoms with Crippen LogP contribution in [0.2, 0.25) is 0 Å². The summed E-state index contributed by atoms with van der Waals surface area (Å²) in [7, 11) is 0. The van der Waals surface area contributed by atoms with E-state index in [2.05, 4.69) is 10.3 Å². The van der Waals surface area contributed by atoms with Gasteiger partial charge in [0.05, 0.1) is 0 Å². The molecule has 0 unspecified atom stereocenters. The summed E-state index contributed by atoms with van der Waals surface area (Å²) in [5, 5.41) is 3.26. The van der Waals surface area contributed by atoms with Crippen LogP contribution >= 0.6 is 0 Å². The van der Waals surface area contributed by atoms with Crippen LogP contribution in [0.3, 0.4) is 0 Å². The van der Waals surface area contributed by atoms with Gasteiger partial charge < -0.3 is 10.3 Å². The first-order chi connectivity index (χ1) is 5.31. The van der Waals surface area contributed by atoms with Crippen molar-refractivity contribution in [1.82, 2.24) is 0 Å². The zero-order valence-corrected chi connectivity index (χ0v) is 8.62. The standard InChI is InChI=1S/C7H12F3N2.Ni/c1-5(2)12-6(3)11-4-7(8,9)10;/h5H,4H2,1-3H3;/q-1;. The Morgan fingerprint density at radius 1 is 1.38 bits per heavy atom. The van der Waals surface area contributed by atoms with E-state index < -0.39 is 12.7 Å². The van der Waals surface area contributed by atoms with Crippen molar-refractivity contribution in [2.45, 2.75) is 33.0 Å². The Bertz CT molecular complexity index is 166. The molecule has 0 atom stereocenters. The van der Waals surface area contributed by atoms with E-state index in [1.165, 1.54) is 6.92 Å². The largest absolute Gasteiger partial charge is 0.467 e. The van der Waals surface area contributed by atoms with Gasteiger partial charge in [-0.1, -0.05) is 19.7 Å². The van der Waals surface area contributed by atoms with Gasteiger partial charge in [0.15, 0.2) is 0 Å². The maximum atomic E-state index is 11.6. The summed E-state index contributed by atoms with van der Waals surface area (Å²) in [4.78, 5) is 3.83. The molecular formula is C7H12F3N2Ni-. The van der Waals surface area contributed by atoms with Gasteiger partial charge in [0.2, 0.25) is 0 Å². The SMILES string of the molecule is CC(=NC(C)C)[N-]CC(F)(F)F.[Ni]. The first-order valence-corrected chi connectivity index (χ1v) is 3.60. The molecule has 0 saturated carbocycles. The van der Waals surface area contributed by atoms with Crippen molar-refractivity contribution in [3.8, 4) is 0 Å². The molecule has 2 nitrogen and oxygen atoms in total. The van der Waals surface area contributed by atoms with E-state index in [0.29, 0.717) is 0 Å². The fraction of sp³-hybridized carbons (Fsp3) is 0.857. The molecule has 0 aromatic heterocycles. The quantitative estimate of drug-likeness (QED) is 0.403. The predicted molar refractivity (Wildman–Crippen MR) is 42.5 cm³/mol. The predicted octanol–water partition coefficient (Wildman–Crippen LogP) is 2.75. The van der Waals surface area contributed by atoms with E-state index in [9.17, 15) is 13.2 Å². The summed E-state index contributed by atoms with van der Waals surface area (Å²) in [5.74, 6) is 0.197. The van der Waals surface area contributed by atoms with Gasteiger partial charge >= 0.3 is 6.18 Å². The van der Waals surface area contributed by atoms with Gasteiger partial charge in [-0.3, -0.25) is 0 Å². The molecule has 0 saturated heterocycles. The van der Waals surface area contributed by atoms with Crippen molar-refractivity contribution in [3.63, 3.8) is 0 Å². The van der Waals surface area contributed by atoms with Gasteiger partial charge in [0.25, 0.3) is 0 Å². The minimum absolute atomic E-state index is 0. The van der Waals surface area contributed by atoms with Gasteiger partial charge in [-0.15, -0.1) is 0 Å².